The first-order chi connectivity index (χ1) is 13.0. The summed E-state index contributed by atoms with van der Waals surface area (Å²) < 4.78 is 14.6. The molecule has 0 spiro atoms. The Labute approximate surface area is 172 Å². The van der Waals surface area contributed by atoms with Gasteiger partial charge in [-0.3, -0.25) is 4.79 Å². The Morgan fingerprint density at radius 1 is 0.963 bits per heavy atom. The van der Waals surface area contributed by atoms with Crippen molar-refractivity contribution in [2.75, 3.05) is 0 Å². The van der Waals surface area contributed by atoms with E-state index in [2.05, 4.69) is 38.7 Å². The fraction of sp³-hybridized carbons (Fsp3) is 0.176. The predicted octanol–water partition coefficient (Wildman–Crippen LogP) is 3.01. The van der Waals surface area contributed by atoms with E-state index in [4.69, 9.17) is 12.5 Å². The topological polar surface area (TPSA) is 85.3 Å². The molecule has 2 aromatic rings. The fourth-order valence-electron chi connectivity index (χ4n) is 3.00. The molecule has 142 valence electrons. The summed E-state index contributed by atoms with van der Waals surface area (Å²) in [6, 6.07) is 8.65. The molecule has 1 aliphatic heterocycles. The van der Waals surface area contributed by atoms with Gasteiger partial charge in [0.1, 0.15) is 11.8 Å². The Kier molecular flexibility index (Phi) is 5.98. The number of nitrogens with zero attached hydrogens (tertiary/aromatic N) is 1. The second kappa shape index (κ2) is 8.24. The number of amides is 1. The number of carboxylic acid groups (broad SMARTS) is 1. The number of carboxylic acids is 1. The molecule has 10 heteroatoms. The normalized spacial score (nSPS) is 15.7. The number of rotatable bonds is 5. The number of aliphatic carboxylic acids is 1. The molecule has 1 aliphatic rings. The zero-order valence-corrected chi connectivity index (χ0v) is 16.4. The highest BCUT2D eigenvalue weighted by atomic mass is 32.1. The van der Waals surface area contributed by atoms with E-state index in [9.17, 15) is 14.7 Å². The molecule has 1 heterocycles. The number of carbonyl (C=O) groups is 2. The molecule has 0 saturated carbocycles. The molecule has 0 saturated heterocycles. The molecular weight excluding hydrogens is 410 g/mol. The number of fused-ring (bicyclic) bond motifs is 1. The van der Waals surface area contributed by atoms with Gasteiger partial charge in [0.15, 0.2) is 11.5 Å². The first-order valence-corrected chi connectivity index (χ1v) is 8.82. The Morgan fingerprint density at radius 3 is 2.33 bits per heavy atom. The van der Waals surface area contributed by atoms with Crippen LogP contribution < -0.4 is 12.5 Å². The lowest BCUT2D eigenvalue weighted by molar-refractivity contribution is -0.142. The summed E-state index contributed by atoms with van der Waals surface area (Å²) in [7, 11) is 0. The lowest BCUT2D eigenvalue weighted by atomic mass is 9.93. The molecule has 0 aromatic heterocycles. The van der Waals surface area contributed by atoms with Gasteiger partial charge >= 0.3 is 5.97 Å². The van der Waals surface area contributed by atoms with E-state index in [-0.39, 0.29) is 30.0 Å². The van der Waals surface area contributed by atoms with Crippen LogP contribution in [0.1, 0.15) is 21.5 Å². The van der Waals surface area contributed by atoms with Crippen molar-refractivity contribution in [3.05, 3.63) is 53.1 Å². The van der Waals surface area contributed by atoms with Gasteiger partial charge in [-0.25, -0.2) is 4.79 Å². The van der Waals surface area contributed by atoms with E-state index in [0.29, 0.717) is 5.75 Å². The van der Waals surface area contributed by atoms with E-state index in [1.165, 1.54) is 23.1 Å². The number of carbonyl (C=O) groups excluding carboxylic acids is 1. The molecule has 7 nitrogen and oxygen atoms in total. The quantitative estimate of drug-likeness (QED) is 0.435. The summed E-state index contributed by atoms with van der Waals surface area (Å²) in [5.41, 5.74) is 1.89. The molecule has 3 rings (SSSR count). The van der Waals surface area contributed by atoms with E-state index in [1.807, 2.05) is 0 Å². The molecule has 1 amide bonds. The lowest BCUT2D eigenvalue weighted by Gasteiger charge is -2.34. The van der Waals surface area contributed by atoms with Crippen molar-refractivity contribution in [1.29, 1.82) is 0 Å². The van der Waals surface area contributed by atoms with Gasteiger partial charge in [0.2, 0.25) is 0 Å². The minimum Gasteiger partial charge on any atom is -0.480 e. The number of hydrogen-bond donors (Lipinski definition) is 4. The number of thiol groups is 3. The van der Waals surface area contributed by atoms with Gasteiger partial charge in [-0.2, -0.15) is 0 Å². The Morgan fingerprint density at radius 2 is 1.70 bits per heavy atom. The van der Waals surface area contributed by atoms with E-state index >= 15 is 0 Å². The van der Waals surface area contributed by atoms with E-state index in [1.54, 1.807) is 18.2 Å². The minimum absolute atomic E-state index is 0.153. The van der Waals surface area contributed by atoms with Crippen LogP contribution in [0, 0.1) is 0 Å². The molecule has 27 heavy (non-hydrogen) atoms. The first-order valence-electron chi connectivity index (χ1n) is 7.72. The van der Waals surface area contributed by atoms with Crippen molar-refractivity contribution in [3.63, 3.8) is 0 Å². The third-order valence-electron chi connectivity index (χ3n) is 4.35. The SMILES string of the molecule is O=C(O)C1Cc2cc(OS)ccc2CN1C(=O)c1ccc(OS)c(OS)c1. The van der Waals surface area contributed by atoms with Gasteiger partial charge in [-0.15, -0.1) is 0 Å². The Bertz CT molecular complexity index is 891. The highest BCUT2D eigenvalue weighted by Crippen LogP contribution is 2.32. The first kappa shape index (κ1) is 19.6. The van der Waals surface area contributed by atoms with Crippen LogP contribution >= 0.6 is 38.7 Å². The van der Waals surface area contributed by atoms with Gasteiger partial charge in [-0.1, -0.05) is 6.07 Å². The van der Waals surface area contributed by atoms with E-state index < -0.39 is 17.9 Å². The van der Waals surface area contributed by atoms with Crippen molar-refractivity contribution < 1.29 is 27.2 Å². The average molecular weight is 426 g/mol. The summed E-state index contributed by atoms with van der Waals surface area (Å²) in [6.45, 7) is 0.153. The van der Waals surface area contributed by atoms with Gasteiger partial charge in [0.05, 0.1) is 0 Å². The molecule has 1 unspecified atom stereocenters. The van der Waals surface area contributed by atoms with Gasteiger partial charge in [0.25, 0.3) is 5.91 Å². The van der Waals surface area contributed by atoms with Gasteiger partial charge < -0.3 is 22.6 Å². The van der Waals surface area contributed by atoms with Crippen molar-refractivity contribution in [3.8, 4) is 17.2 Å². The van der Waals surface area contributed by atoms with Crippen molar-refractivity contribution >= 4 is 50.6 Å². The molecular formula is C17H15NO6S3. The highest BCUT2D eigenvalue weighted by Gasteiger charge is 2.35. The number of benzene rings is 2. The monoisotopic (exact) mass is 425 g/mol. The average Bonchev–Trinajstić information content (AvgIpc) is 2.71. The number of hydrogen-bond acceptors (Lipinski definition) is 8. The van der Waals surface area contributed by atoms with Crippen molar-refractivity contribution in [2.24, 2.45) is 0 Å². The second-order valence-corrected chi connectivity index (χ2v) is 6.40. The van der Waals surface area contributed by atoms with Gasteiger partial charge in [0, 0.05) is 57.3 Å². The fourth-order valence-corrected chi connectivity index (χ4v) is 3.41. The molecule has 0 aliphatic carbocycles. The molecule has 0 fully saturated rings. The zero-order chi connectivity index (χ0) is 19.6. The largest absolute Gasteiger partial charge is 0.480 e. The summed E-state index contributed by atoms with van der Waals surface area (Å²) in [4.78, 5) is 26.1. The summed E-state index contributed by atoms with van der Waals surface area (Å²) in [5, 5.41) is 9.63. The third kappa shape index (κ3) is 3.92. The van der Waals surface area contributed by atoms with Crippen molar-refractivity contribution in [1.82, 2.24) is 4.90 Å². The summed E-state index contributed by atoms with van der Waals surface area (Å²) in [5.74, 6) is -0.548. The Balaban J connectivity index is 1.96. The van der Waals surface area contributed by atoms with Crippen LogP contribution in [-0.4, -0.2) is 27.9 Å². The summed E-state index contributed by atoms with van der Waals surface area (Å²) in [6.07, 6.45) is 0.162. The van der Waals surface area contributed by atoms with Crippen LogP contribution in [0.5, 0.6) is 17.2 Å². The van der Waals surface area contributed by atoms with Crippen LogP contribution in [0.15, 0.2) is 36.4 Å². The van der Waals surface area contributed by atoms with E-state index in [0.717, 1.165) is 11.1 Å². The molecule has 1 N–H and O–H groups in total. The molecule has 2 aromatic carbocycles. The zero-order valence-electron chi connectivity index (χ0n) is 13.7. The maximum atomic E-state index is 13.0. The highest BCUT2D eigenvalue weighted by molar-refractivity contribution is 7.75. The van der Waals surface area contributed by atoms with Crippen LogP contribution in [0.25, 0.3) is 0 Å². The molecule has 1 atom stereocenters. The minimum atomic E-state index is -1.09. The lowest BCUT2D eigenvalue weighted by Crippen LogP contribution is -2.48. The molecule has 0 bridgehead atoms. The van der Waals surface area contributed by atoms with Crippen LogP contribution in [0.2, 0.25) is 0 Å². The summed E-state index contributed by atoms with van der Waals surface area (Å²) >= 11 is 11.2. The Hall–Kier alpha value is -2.17. The third-order valence-corrected chi connectivity index (χ3v) is 4.95. The van der Waals surface area contributed by atoms with Gasteiger partial charge in [-0.05, 0) is 41.5 Å². The predicted molar refractivity (Wildman–Crippen MR) is 107 cm³/mol. The maximum Gasteiger partial charge on any atom is 0.326 e. The maximum absolute atomic E-state index is 13.0. The van der Waals surface area contributed by atoms with Crippen LogP contribution in [0.3, 0.4) is 0 Å². The second-order valence-electron chi connectivity index (χ2n) is 5.86. The van der Waals surface area contributed by atoms with Crippen LogP contribution in [-0.2, 0) is 17.8 Å². The smallest absolute Gasteiger partial charge is 0.326 e. The van der Waals surface area contributed by atoms with Crippen molar-refractivity contribution in [2.45, 2.75) is 19.0 Å². The molecule has 0 radical (unpaired) electrons. The van der Waals surface area contributed by atoms with Crippen LogP contribution in [0.4, 0.5) is 0 Å². The standard InChI is InChI=1S/C17H15NO6S3/c19-16(9-2-4-14(23-26)15(7-9)24-27)18-8-10-1-3-12(22-25)5-11(10)6-13(18)17(20)21/h1-5,7,13,25-27H,6,8H2,(H,20,21).